The third kappa shape index (κ3) is 2.93. The summed E-state index contributed by atoms with van der Waals surface area (Å²) in [7, 11) is -2.48. The monoisotopic (exact) mass is 382 g/mol. The second-order valence-corrected chi connectivity index (χ2v) is 7.30. The Kier molecular flexibility index (Phi) is 4.58. The van der Waals surface area contributed by atoms with Crippen molar-refractivity contribution in [2.75, 3.05) is 26.7 Å². The van der Waals surface area contributed by atoms with E-state index in [9.17, 15) is 13.2 Å². The highest BCUT2D eigenvalue weighted by Crippen LogP contribution is 2.36. The molecular weight excluding hydrogens is 372 g/mol. The van der Waals surface area contributed by atoms with Gasteiger partial charge in [0.1, 0.15) is 4.90 Å². The van der Waals surface area contributed by atoms with E-state index < -0.39 is 10.0 Å². The van der Waals surface area contributed by atoms with Crippen LogP contribution in [0.4, 0.5) is 0 Å². The Morgan fingerprint density at radius 3 is 2.75 bits per heavy atom. The zero-order valence-corrected chi connectivity index (χ0v) is 13.7. The molecule has 0 saturated carbocycles. The third-order valence-electron chi connectivity index (χ3n) is 2.80. The first-order valence-electron chi connectivity index (χ1n) is 5.66. The molecule has 1 saturated heterocycles. The lowest BCUT2D eigenvalue weighted by molar-refractivity contribution is -0.122. The topological polar surface area (TPSA) is 75.7 Å². The fraction of sp³-hybridized carbons (Fsp3) is 0.364. The van der Waals surface area contributed by atoms with Crippen molar-refractivity contribution in [2.24, 2.45) is 0 Å². The molecule has 1 heterocycles. The van der Waals surface area contributed by atoms with Gasteiger partial charge in [-0.15, -0.1) is 0 Å². The van der Waals surface area contributed by atoms with Crippen molar-refractivity contribution in [1.29, 1.82) is 0 Å². The number of carbonyl (C=O) groups is 1. The van der Waals surface area contributed by atoms with Crippen LogP contribution < -0.4 is 10.1 Å². The van der Waals surface area contributed by atoms with Gasteiger partial charge in [0.2, 0.25) is 15.9 Å². The Hall–Kier alpha value is -0.830. The van der Waals surface area contributed by atoms with E-state index in [2.05, 4.69) is 21.2 Å². The number of hydrogen-bond acceptors (Lipinski definition) is 4. The third-order valence-corrected chi connectivity index (χ3v) is 5.46. The van der Waals surface area contributed by atoms with E-state index in [0.29, 0.717) is 4.47 Å². The van der Waals surface area contributed by atoms with Crippen LogP contribution in [0, 0.1) is 0 Å². The molecule has 9 heteroatoms. The predicted molar refractivity (Wildman–Crippen MR) is 77.5 cm³/mol. The summed E-state index contributed by atoms with van der Waals surface area (Å²) in [6.45, 7) is 0.277. The summed E-state index contributed by atoms with van der Waals surface area (Å²) in [4.78, 5) is 11.3. The van der Waals surface area contributed by atoms with Gasteiger partial charge in [0.05, 0.1) is 18.1 Å². The molecule has 20 heavy (non-hydrogen) atoms. The number of sulfonamides is 1. The first kappa shape index (κ1) is 15.6. The van der Waals surface area contributed by atoms with Gasteiger partial charge in [0.15, 0.2) is 5.75 Å². The summed E-state index contributed by atoms with van der Waals surface area (Å²) in [5.41, 5.74) is 0. The highest BCUT2D eigenvalue weighted by molar-refractivity contribution is 9.10. The van der Waals surface area contributed by atoms with Crippen LogP contribution in [0.1, 0.15) is 0 Å². The molecular formula is C11H12BrClN2O4S. The number of hydrogen-bond donors (Lipinski definition) is 1. The maximum absolute atomic E-state index is 12.6. The molecule has 110 valence electrons. The highest BCUT2D eigenvalue weighted by atomic mass is 79.9. The van der Waals surface area contributed by atoms with Gasteiger partial charge in [0, 0.05) is 18.1 Å². The molecule has 1 N–H and O–H groups in total. The van der Waals surface area contributed by atoms with Crippen LogP contribution in [0.3, 0.4) is 0 Å². The van der Waals surface area contributed by atoms with E-state index in [1.165, 1.54) is 13.2 Å². The van der Waals surface area contributed by atoms with E-state index in [-0.39, 0.29) is 41.2 Å². The number of piperazine rings is 1. The van der Waals surface area contributed by atoms with E-state index in [0.717, 1.165) is 4.31 Å². The average molecular weight is 384 g/mol. The Bertz CT molecular complexity index is 650. The highest BCUT2D eigenvalue weighted by Gasteiger charge is 2.32. The van der Waals surface area contributed by atoms with Gasteiger partial charge in [0.25, 0.3) is 0 Å². The van der Waals surface area contributed by atoms with Crippen molar-refractivity contribution in [3.63, 3.8) is 0 Å². The summed E-state index contributed by atoms with van der Waals surface area (Å²) < 4.78 is 31.9. The van der Waals surface area contributed by atoms with Gasteiger partial charge in [-0.3, -0.25) is 4.79 Å². The summed E-state index contributed by atoms with van der Waals surface area (Å²) in [5.74, 6) is -0.166. The Labute approximate surface area is 130 Å². The predicted octanol–water partition coefficient (Wildman–Crippen LogP) is 1.23. The largest absolute Gasteiger partial charge is 0.494 e. The molecule has 0 aliphatic carbocycles. The molecule has 2 rings (SSSR count). The van der Waals surface area contributed by atoms with Crippen molar-refractivity contribution in [3.05, 3.63) is 21.6 Å². The molecule has 1 amide bonds. The maximum Gasteiger partial charge on any atom is 0.247 e. The second kappa shape index (κ2) is 5.88. The molecule has 0 unspecified atom stereocenters. The molecule has 0 spiro atoms. The van der Waals surface area contributed by atoms with E-state index in [4.69, 9.17) is 16.3 Å². The number of nitrogens with zero attached hydrogens (tertiary/aromatic N) is 1. The summed E-state index contributed by atoms with van der Waals surface area (Å²) in [6, 6.07) is 2.86. The quantitative estimate of drug-likeness (QED) is 0.852. The Morgan fingerprint density at radius 1 is 1.45 bits per heavy atom. The van der Waals surface area contributed by atoms with Crippen molar-refractivity contribution in [1.82, 2.24) is 9.62 Å². The van der Waals surface area contributed by atoms with Crippen molar-refractivity contribution in [3.8, 4) is 5.75 Å². The molecule has 1 aliphatic heterocycles. The normalized spacial score (nSPS) is 16.9. The van der Waals surface area contributed by atoms with E-state index >= 15 is 0 Å². The minimum Gasteiger partial charge on any atom is -0.494 e. The second-order valence-electron chi connectivity index (χ2n) is 4.11. The summed E-state index contributed by atoms with van der Waals surface area (Å²) in [6.07, 6.45) is 0. The minimum absolute atomic E-state index is 0.0610. The van der Waals surface area contributed by atoms with Gasteiger partial charge in [-0.05, 0) is 28.1 Å². The molecule has 0 radical (unpaired) electrons. The number of nitrogens with one attached hydrogen (secondary N) is 1. The summed E-state index contributed by atoms with van der Waals surface area (Å²) >= 11 is 9.12. The van der Waals surface area contributed by atoms with Crippen LogP contribution in [0.15, 0.2) is 21.5 Å². The number of methoxy groups -OCH3 is 1. The molecule has 0 aromatic heterocycles. The summed E-state index contributed by atoms with van der Waals surface area (Å²) in [5, 5.41) is 2.84. The SMILES string of the molecule is COc1c(Br)cc(Cl)cc1S(=O)(=O)N1CCNC(=O)C1. The standard InChI is InChI=1S/C11H12BrClN2O4S/c1-19-11-8(12)4-7(13)5-9(11)20(17,18)15-3-2-14-10(16)6-15/h4-5H,2-3,6H2,1H3,(H,14,16). The van der Waals surface area contributed by atoms with Crippen molar-refractivity contribution >= 4 is 43.5 Å². The Morgan fingerprint density at radius 2 is 2.15 bits per heavy atom. The first-order valence-corrected chi connectivity index (χ1v) is 8.27. The fourth-order valence-electron chi connectivity index (χ4n) is 1.89. The molecule has 1 aliphatic rings. The molecule has 1 fully saturated rings. The molecule has 6 nitrogen and oxygen atoms in total. The fourth-order valence-corrected chi connectivity index (χ4v) is 4.65. The lowest BCUT2D eigenvalue weighted by Gasteiger charge is -2.26. The van der Waals surface area contributed by atoms with Crippen LogP contribution in [0.2, 0.25) is 5.02 Å². The van der Waals surface area contributed by atoms with Crippen molar-refractivity contribution < 1.29 is 17.9 Å². The number of rotatable bonds is 3. The van der Waals surface area contributed by atoms with Gasteiger partial charge in [-0.25, -0.2) is 8.42 Å². The molecule has 0 bridgehead atoms. The smallest absolute Gasteiger partial charge is 0.247 e. The van der Waals surface area contributed by atoms with Gasteiger partial charge < -0.3 is 10.1 Å². The van der Waals surface area contributed by atoms with Crippen molar-refractivity contribution in [2.45, 2.75) is 4.90 Å². The zero-order chi connectivity index (χ0) is 14.9. The van der Waals surface area contributed by atoms with Crippen LogP contribution in [0.25, 0.3) is 0 Å². The molecule has 0 atom stereocenters. The Balaban J connectivity index is 2.51. The van der Waals surface area contributed by atoms with Crippen LogP contribution in [-0.4, -0.2) is 45.4 Å². The van der Waals surface area contributed by atoms with Crippen LogP contribution in [0.5, 0.6) is 5.75 Å². The number of carbonyl (C=O) groups excluding carboxylic acids is 1. The average Bonchev–Trinajstić information content (AvgIpc) is 2.38. The molecule has 1 aromatic carbocycles. The van der Waals surface area contributed by atoms with E-state index in [1.807, 2.05) is 0 Å². The number of ether oxygens (including phenoxy) is 1. The maximum atomic E-state index is 12.6. The zero-order valence-electron chi connectivity index (χ0n) is 10.5. The van der Waals surface area contributed by atoms with E-state index in [1.54, 1.807) is 6.07 Å². The van der Waals surface area contributed by atoms with Crippen LogP contribution in [-0.2, 0) is 14.8 Å². The van der Waals surface area contributed by atoms with Crippen LogP contribution >= 0.6 is 27.5 Å². The minimum atomic E-state index is -3.85. The number of benzene rings is 1. The van der Waals surface area contributed by atoms with Gasteiger partial charge in [-0.2, -0.15) is 4.31 Å². The van der Waals surface area contributed by atoms with Gasteiger partial charge >= 0.3 is 0 Å². The number of halogens is 2. The first-order chi connectivity index (χ1) is 9.36. The number of amides is 1. The van der Waals surface area contributed by atoms with Gasteiger partial charge in [-0.1, -0.05) is 11.6 Å². The molecule has 1 aromatic rings. The lowest BCUT2D eigenvalue weighted by Crippen LogP contribution is -2.49. The lowest BCUT2D eigenvalue weighted by atomic mass is 10.3.